The summed E-state index contributed by atoms with van der Waals surface area (Å²) in [5.74, 6) is -0.00755. The number of hydrogen-bond acceptors (Lipinski definition) is 2. The van der Waals surface area contributed by atoms with Gasteiger partial charge in [0.05, 0.1) is 6.07 Å². The summed E-state index contributed by atoms with van der Waals surface area (Å²) in [6.07, 6.45) is 2.36. The van der Waals surface area contributed by atoms with E-state index in [0.29, 0.717) is 0 Å². The predicted molar refractivity (Wildman–Crippen MR) is 54.4 cm³/mol. The molecule has 0 bridgehead atoms. The van der Waals surface area contributed by atoms with Crippen molar-refractivity contribution in [3.05, 3.63) is 0 Å². The lowest BCUT2D eigenvalue weighted by Crippen LogP contribution is -2.47. The van der Waals surface area contributed by atoms with E-state index in [1.54, 1.807) is 11.9 Å². The van der Waals surface area contributed by atoms with E-state index in [1.165, 1.54) is 0 Å². The molecule has 0 spiro atoms. The van der Waals surface area contributed by atoms with Crippen molar-refractivity contribution in [1.82, 2.24) is 4.90 Å². The van der Waals surface area contributed by atoms with Gasteiger partial charge in [0.25, 0.3) is 0 Å². The first kappa shape index (κ1) is 11.0. The Morgan fingerprint density at radius 1 is 1.57 bits per heavy atom. The van der Waals surface area contributed by atoms with Crippen LogP contribution in [-0.4, -0.2) is 23.4 Å². The van der Waals surface area contributed by atoms with E-state index in [4.69, 9.17) is 5.26 Å². The molecule has 0 atom stereocenters. The van der Waals surface area contributed by atoms with Gasteiger partial charge >= 0.3 is 0 Å². The fraction of sp³-hybridized carbons (Fsp3) is 0.818. The van der Waals surface area contributed by atoms with Gasteiger partial charge in [-0.05, 0) is 33.1 Å². The van der Waals surface area contributed by atoms with Gasteiger partial charge < -0.3 is 4.90 Å². The SMILES string of the molecule is CCC(C)(C)N(C)C(=O)C1(C#N)CC1. The molecule has 0 aromatic rings. The molecule has 1 aliphatic rings. The second-order valence-electron chi connectivity index (χ2n) is 4.72. The first-order valence-electron chi connectivity index (χ1n) is 5.09. The van der Waals surface area contributed by atoms with Crippen LogP contribution in [0.25, 0.3) is 0 Å². The van der Waals surface area contributed by atoms with Crippen molar-refractivity contribution in [2.24, 2.45) is 5.41 Å². The molecule has 0 saturated heterocycles. The van der Waals surface area contributed by atoms with Crippen molar-refractivity contribution in [1.29, 1.82) is 5.26 Å². The molecule has 1 rings (SSSR count). The third kappa shape index (κ3) is 1.61. The highest BCUT2D eigenvalue weighted by molar-refractivity contribution is 5.88. The van der Waals surface area contributed by atoms with Crippen molar-refractivity contribution >= 4 is 5.91 Å². The zero-order chi connectivity index (χ0) is 11.0. The monoisotopic (exact) mass is 194 g/mol. The minimum Gasteiger partial charge on any atom is -0.339 e. The van der Waals surface area contributed by atoms with Gasteiger partial charge in [0.15, 0.2) is 0 Å². The summed E-state index contributed by atoms with van der Waals surface area (Å²) in [5, 5.41) is 8.92. The summed E-state index contributed by atoms with van der Waals surface area (Å²) in [4.78, 5) is 13.7. The second-order valence-corrected chi connectivity index (χ2v) is 4.72. The van der Waals surface area contributed by atoms with E-state index in [2.05, 4.69) is 13.0 Å². The molecule has 3 nitrogen and oxygen atoms in total. The molecule has 1 fully saturated rings. The number of carbonyl (C=O) groups excluding carboxylic acids is 1. The van der Waals surface area contributed by atoms with Crippen LogP contribution in [0.4, 0.5) is 0 Å². The molecule has 0 aliphatic heterocycles. The van der Waals surface area contributed by atoms with Crippen molar-refractivity contribution < 1.29 is 4.79 Å². The van der Waals surface area contributed by atoms with Gasteiger partial charge in [-0.25, -0.2) is 0 Å². The first-order chi connectivity index (χ1) is 6.39. The van der Waals surface area contributed by atoms with Crippen molar-refractivity contribution in [3.8, 4) is 6.07 Å². The fourth-order valence-electron chi connectivity index (χ4n) is 1.33. The Labute approximate surface area is 85.7 Å². The molecule has 0 radical (unpaired) electrons. The lowest BCUT2D eigenvalue weighted by Gasteiger charge is -2.36. The summed E-state index contributed by atoms with van der Waals surface area (Å²) >= 11 is 0. The van der Waals surface area contributed by atoms with Crippen LogP contribution in [0, 0.1) is 16.7 Å². The van der Waals surface area contributed by atoms with Crippen LogP contribution in [0.15, 0.2) is 0 Å². The molecule has 3 heteroatoms. The molecule has 14 heavy (non-hydrogen) atoms. The van der Waals surface area contributed by atoms with E-state index < -0.39 is 5.41 Å². The third-order valence-corrected chi connectivity index (χ3v) is 3.45. The molecule has 0 aromatic carbocycles. The van der Waals surface area contributed by atoms with Crippen LogP contribution < -0.4 is 0 Å². The Balaban J connectivity index is 2.77. The molecule has 1 amide bonds. The number of hydrogen-bond donors (Lipinski definition) is 0. The number of carbonyl (C=O) groups is 1. The molecular weight excluding hydrogens is 176 g/mol. The van der Waals surface area contributed by atoms with E-state index in [-0.39, 0.29) is 11.4 Å². The standard InChI is InChI=1S/C11H18N2O/c1-5-10(2,3)13(4)9(14)11(8-12)6-7-11/h5-7H2,1-4H3. The Morgan fingerprint density at radius 2 is 2.07 bits per heavy atom. The van der Waals surface area contributed by atoms with Crippen LogP contribution in [0.2, 0.25) is 0 Å². The Hall–Kier alpha value is -1.04. The van der Waals surface area contributed by atoms with Gasteiger partial charge in [0, 0.05) is 12.6 Å². The first-order valence-corrected chi connectivity index (χ1v) is 5.09. The van der Waals surface area contributed by atoms with E-state index in [0.717, 1.165) is 19.3 Å². The highest BCUT2D eigenvalue weighted by Crippen LogP contribution is 2.47. The maximum absolute atomic E-state index is 12.0. The molecule has 1 aliphatic carbocycles. The molecule has 0 heterocycles. The number of rotatable bonds is 3. The molecule has 1 saturated carbocycles. The Morgan fingerprint density at radius 3 is 2.36 bits per heavy atom. The third-order valence-electron chi connectivity index (χ3n) is 3.45. The van der Waals surface area contributed by atoms with Gasteiger partial charge in [0.1, 0.15) is 5.41 Å². The zero-order valence-corrected chi connectivity index (χ0v) is 9.42. The van der Waals surface area contributed by atoms with E-state index >= 15 is 0 Å². The molecule has 0 unspecified atom stereocenters. The average molecular weight is 194 g/mol. The molecule has 78 valence electrons. The van der Waals surface area contributed by atoms with Crippen LogP contribution >= 0.6 is 0 Å². The normalized spacial score (nSPS) is 18.5. The van der Waals surface area contributed by atoms with Crippen molar-refractivity contribution in [3.63, 3.8) is 0 Å². The quantitative estimate of drug-likeness (QED) is 0.689. The minimum absolute atomic E-state index is 0.00755. The van der Waals surface area contributed by atoms with Gasteiger partial charge in [0.2, 0.25) is 5.91 Å². The number of nitriles is 1. The highest BCUT2D eigenvalue weighted by atomic mass is 16.2. The van der Waals surface area contributed by atoms with Crippen LogP contribution in [0.3, 0.4) is 0 Å². The zero-order valence-electron chi connectivity index (χ0n) is 9.42. The van der Waals surface area contributed by atoms with E-state index in [1.807, 2.05) is 13.8 Å². The summed E-state index contributed by atoms with van der Waals surface area (Å²) in [5.41, 5.74) is -0.829. The van der Waals surface area contributed by atoms with Gasteiger partial charge in [-0.15, -0.1) is 0 Å². The molecule has 0 aromatic heterocycles. The summed E-state index contributed by atoms with van der Waals surface area (Å²) < 4.78 is 0. The number of nitrogens with zero attached hydrogens (tertiary/aromatic N) is 2. The maximum Gasteiger partial charge on any atom is 0.243 e. The highest BCUT2D eigenvalue weighted by Gasteiger charge is 2.53. The largest absolute Gasteiger partial charge is 0.339 e. The lowest BCUT2D eigenvalue weighted by atomic mass is 9.97. The fourth-order valence-corrected chi connectivity index (χ4v) is 1.33. The molecular formula is C11H18N2O. The Bertz CT molecular complexity index is 284. The second kappa shape index (κ2) is 3.27. The van der Waals surface area contributed by atoms with Gasteiger partial charge in [-0.2, -0.15) is 5.26 Å². The van der Waals surface area contributed by atoms with Crippen LogP contribution in [-0.2, 0) is 4.79 Å². The van der Waals surface area contributed by atoms with Crippen molar-refractivity contribution in [2.45, 2.75) is 45.6 Å². The van der Waals surface area contributed by atoms with Crippen LogP contribution in [0.5, 0.6) is 0 Å². The minimum atomic E-state index is -0.679. The summed E-state index contributed by atoms with van der Waals surface area (Å²) in [6, 6.07) is 2.14. The maximum atomic E-state index is 12.0. The van der Waals surface area contributed by atoms with Gasteiger partial charge in [-0.1, -0.05) is 6.92 Å². The topological polar surface area (TPSA) is 44.1 Å². The summed E-state index contributed by atoms with van der Waals surface area (Å²) in [6.45, 7) is 6.10. The lowest BCUT2D eigenvalue weighted by molar-refractivity contribution is -0.138. The predicted octanol–water partition coefficient (Wildman–Crippen LogP) is 1.94. The summed E-state index contributed by atoms with van der Waals surface area (Å²) in [7, 11) is 1.79. The van der Waals surface area contributed by atoms with Gasteiger partial charge in [-0.3, -0.25) is 4.79 Å². The smallest absolute Gasteiger partial charge is 0.243 e. The molecule has 0 N–H and O–H groups in total. The Kier molecular flexibility index (Phi) is 2.58. The van der Waals surface area contributed by atoms with Crippen LogP contribution in [0.1, 0.15) is 40.0 Å². The average Bonchev–Trinajstić information content (AvgIpc) is 2.96. The number of amides is 1. The van der Waals surface area contributed by atoms with Crippen molar-refractivity contribution in [2.75, 3.05) is 7.05 Å². The van der Waals surface area contributed by atoms with E-state index in [9.17, 15) is 4.79 Å².